The summed E-state index contributed by atoms with van der Waals surface area (Å²) in [5, 5.41) is 0. The first-order valence-electron chi connectivity index (χ1n) is 2.84. The lowest BCUT2D eigenvalue weighted by Crippen LogP contribution is -1.79. The summed E-state index contributed by atoms with van der Waals surface area (Å²) in [6.07, 6.45) is 1.70. The lowest BCUT2D eigenvalue weighted by atomic mass is 10.2. The van der Waals surface area contributed by atoms with E-state index in [4.69, 9.17) is 4.42 Å². The number of hydrogen-bond donors (Lipinski definition) is 0. The quantitative estimate of drug-likeness (QED) is 0.541. The molecular weight excluding hydrogens is 100 g/mol. The van der Waals surface area contributed by atoms with Crippen molar-refractivity contribution in [2.75, 3.05) is 0 Å². The molecule has 1 aromatic rings. The van der Waals surface area contributed by atoms with Crippen LogP contribution in [0.1, 0.15) is 25.5 Å². The highest BCUT2D eigenvalue weighted by Crippen LogP contribution is 2.12. The van der Waals surface area contributed by atoms with Crippen LogP contribution in [0.2, 0.25) is 0 Å². The summed E-state index contributed by atoms with van der Waals surface area (Å²) in [7, 11) is 0. The fraction of sp³-hybridized carbons (Fsp3) is 0.429. The van der Waals surface area contributed by atoms with Gasteiger partial charge in [-0.3, -0.25) is 0 Å². The molecule has 1 heteroatoms. The van der Waals surface area contributed by atoms with Gasteiger partial charge in [-0.15, -0.1) is 0 Å². The summed E-state index contributed by atoms with van der Waals surface area (Å²) < 4.78 is 5.09. The molecule has 1 aromatic heterocycles. The van der Waals surface area contributed by atoms with Crippen molar-refractivity contribution in [3.63, 3.8) is 0 Å². The van der Waals surface area contributed by atoms with Crippen LogP contribution >= 0.6 is 0 Å². The van der Waals surface area contributed by atoms with Crippen molar-refractivity contribution < 1.29 is 4.42 Å². The maximum atomic E-state index is 5.09. The molecule has 0 aliphatic rings. The third kappa shape index (κ3) is 0.915. The molecule has 0 aliphatic carbocycles. The first-order valence-corrected chi connectivity index (χ1v) is 2.84. The first kappa shape index (κ1) is 5.42. The topological polar surface area (TPSA) is 13.1 Å². The summed E-state index contributed by atoms with van der Waals surface area (Å²) >= 11 is 0. The van der Waals surface area contributed by atoms with Crippen LogP contribution in [0.15, 0.2) is 22.8 Å². The number of furan rings is 1. The van der Waals surface area contributed by atoms with Crippen LogP contribution in [0, 0.1) is 0 Å². The van der Waals surface area contributed by atoms with Crippen LogP contribution < -0.4 is 0 Å². The van der Waals surface area contributed by atoms with Gasteiger partial charge < -0.3 is 4.42 Å². The highest BCUT2D eigenvalue weighted by atomic mass is 16.3. The molecular formula is C7H10O. The zero-order chi connectivity index (χ0) is 5.98. The summed E-state index contributed by atoms with van der Waals surface area (Å²) in [6.45, 7) is 4.22. The summed E-state index contributed by atoms with van der Waals surface area (Å²) in [6, 6.07) is 3.90. The van der Waals surface area contributed by atoms with Gasteiger partial charge in [-0.25, -0.2) is 0 Å². The van der Waals surface area contributed by atoms with E-state index >= 15 is 0 Å². The van der Waals surface area contributed by atoms with Crippen LogP contribution in [0.3, 0.4) is 0 Å². The Hall–Kier alpha value is -0.720. The van der Waals surface area contributed by atoms with E-state index in [1.807, 2.05) is 12.1 Å². The Bertz CT molecular complexity index is 139. The molecule has 1 heterocycles. The van der Waals surface area contributed by atoms with E-state index in [-0.39, 0.29) is 0 Å². The molecule has 44 valence electrons. The van der Waals surface area contributed by atoms with Crippen LogP contribution in [0.5, 0.6) is 0 Å². The molecule has 1 nitrogen and oxygen atoms in total. The van der Waals surface area contributed by atoms with Gasteiger partial charge in [0.2, 0.25) is 0 Å². The average molecular weight is 110 g/mol. The maximum Gasteiger partial charge on any atom is 0.106 e. The average Bonchev–Trinajstić information content (AvgIpc) is 2.12. The Morgan fingerprint density at radius 2 is 2.25 bits per heavy atom. The van der Waals surface area contributed by atoms with E-state index < -0.39 is 0 Å². The Labute approximate surface area is 49.3 Å². The van der Waals surface area contributed by atoms with E-state index in [9.17, 15) is 0 Å². The highest BCUT2D eigenvalue weighted by molar-refractivity contribution is 5.02. The molecule has 0 saturated carbocycles. The van der Waals surface area contributed by atoms with Crippen molar-refractivity contribution in [1.29, 1.82) is 0 Å². The van der Waals surface area contributed by atoms with Crippen molar-refractivity contribution in [3.8, 4) is 0 Å². The molecule has 0 spiro atoms. The van der Waals surface area contributed by atoms with Crippen LogP contribution in [0.4, 0.5) is 0 Å². The minimum absolute atomic E-state index is 0.519. The largest absolute Gasteiger partial charge is 0.469 e. The van der Waals surface area contributed by atoms with E-state index in [1.165, 1.54) is 0 Å². The Kier molecular flexibility index (Phi) is 1.38. The predicted molar refractivity (Wildman–Crippen MR) is 32.8 cm³/mol. The van der Waals surface area contributed by atoms with Gasteiger partial charge in [0.1, 0.15) is 5.76 Å². The SMILES string of the molecule is CC(C)c1ccco1. The fourth-order valence-corrected chi connectivity index (χ4v) is 0.620. The van der Waals surface area contributed by atoms with E-state index in [2.05, 4.69) is 13.8 Å². The normalized spacial score (nSPS) is 10.4. The highest BCUT2D eigenvalue weighted by Gasteiger charge is 1.97. The molecule has 0 saturated heterocycles. The van der Waals surface area contributed by atoms with E-state index in [0.717, 1.165) is 5.76 Å². The van der Waals surface area contributed by atoms with E-state index in [0.29, 0.717) is 5.92 Å². The van der Waals surface area contributed by atoms with Gasteiger partial charge in [0, 0.05) is 5.92 Å². The van der Waals surface area contributed by atoms with Gasteiger partial charge in [-0.05, 0) is 12.1 Å². The fourth-order valence-electron chi connectivity index (χ4n) is 0.620. The molecule has 0 amide bonds. The summed E-state index contributed by atoms with van der Waals surface area (Å²) in [4.78, 5) is 0. The predicted octanol–water partition coefficient (Wildman–Crippen LogP) is 2.40. The minimum Gasteiger partial charge on any atom is -0.469 e. The molecule has 0 bridgehead atoms. The van der Waals surface area contributed by atoms with Gasteiger partial charge >= 0.3 is 0 Å². The Balaban J connectivity index is 2.77. The molecule has 0 aromatic carbocycles. The van der Waals surface area contributed by atoms with Gasteiger partial charge in [-0.1, -0.05) is 13.8 Å². The number of rotatable bonds is 1. The third-order valence-electron chi connectivity index (χ3n) is 1.11. The van der Waals surface area contributed by atoms with Gasteiger partial charge in [0.25, 0.3) is 0 Å². The zero-order valence-electron chi connectivity index (χ0n) is 5.22. The molecule has 0 atom stereocenters. The summed E-state index contributed by atoms with van der Waals surface area (Å²) in [5.74, 6) is 1.58. The van der Waals surface area contributed by atoms with Gasteiger partial charge in [0.15, 0.2) is 0 Å². The van der Waals surface area contributed by atoms with Gasteiger partial charge in [-0.2, -0.15) is 0 Å². The van der Waals surface area contributed by atoms with Crippen molar-refractivity contribution in [2.24, 2.45) is 0 Å². The van der Waals surface area contributed by atoms with Crippen LogP contribution in [0.25, 0.3) is 0 Å². The van der Waals surface area contributed by atoms with Crippen LogP contribution in [-0.2, 0) is 0 Å². The van der Waals surface area contributed by atoms with Crippen LogP contribution in [-0.4, -0.2) is 0 Å². The summed E-state index contributed by atoms with van der Waals surface area (Å²) in [5.41, 5.74) is 0. The molecule has 0 aliphatic heterocycles. The second-order valence-electron chi connectivity index (χ2n) is 2.17. The molecule has 0 fully saturated rings. The number of hydrogen-bond acceptors (Lipinski definition) is 1. The standard InChI is InChI=1S/C7H10O/c1-6(2)7-4-3-5-8-7/h3-6H,1-2H3. The maximum absolute atomic E-state index is 5.09. The van der Waals surface area contributed by atoms with Crippen molar-refractivity contribution in [1.82, 2.24) is 0 Å². The minimum atomic E-state index is 0.519. The Morgan fingerprint density at radius 3 is 2.50 bits per heavy atom. The molecule has 0 radical (unpaired) electrons. The molecule has 0 N–H and O–H groups in total. The molecule has 8 heavy (non-hydrogen) atoms. The lowest BCUT2D eigenvalue weighted by molar-refractivity contribution is 0.487. The second-order valence-corrected chi connectivity index (χ2v) is 2.17. The van der Waals surface area contributed by atoms with Crippen molar-refractivity contribution in [2.45, 2.75) is 19.8 Å². The lowest BCUT2D eigenvalue weighted by Gasteiger charge is -1.94. The third-order valence-corrected chi connectivity index (χ3v) is 1.11. The van der Waals surface area contributed by atoms with Crippen molar-refractivity contribution in [3.05, 3.63) is 24.2 Å². The monoisotopic (exact) mass is 110 g/mol. The zero-order valence-corrected chi connectivity index (χ0v) is 5.22. The van der Waals surface area contributed by atoms with E-state index in [1.54, 1.807) is 6.26 Å². The Morgan fingerprint density at radius 1 is 1.50 bits per heavy atom. The first-order chi connectivity index (χ1) is 3.80. The second kappa shape index (κ2) is 2.03. The van der Waals surface area contributed by atoms with Gasteiger partial charge in [0.05, 0.1) is 6.26 Å². The molecule has 0 unspecified atom stereocenters. The smallest absolute Gasteiger partial charge is 0.106 e. The van der Waals surface area contributed by atoms with Crippen molar-refractivity contribution >= 4 is 0 Å². The molecule has 1 rings (SSSR count).